The zero-order valence-electron chi connectivity index (χ0n) is 9.51. The summed E-state index contributed by atoms with van der Waals surface area (Å²) in [6.07, 6.45) is 0. The number of Topliss-reactive ketones (excluding diaryl/α,β-unsaturated/α-hetero) is 1. The van der Waals surface area contributed by atoms with Gasteiger partial charge in [0, 0.05) is 12.6 Å². The lowest BCUT2D eigenvalue weighted by atomic mass is 10.1. The van der Waals surface area contributed by atoms with Crippen molar-refractivity contribution in [3.8, 4) is 0 Å². The van der Waals surface area contributed by atoms with Crippen LogP contribution in [-0.4, -0.2) is 28.8 Å². The van der Waals surface area contributed by atoms with Crippen molar-refractivity contribution in [1.82, 2.24) is 10.2 Å². The van der Waals surface area contributed by atoms with Crippen LogP contribution in [0.2, 0.25) is 5.02 Å². The molecule has 4 nitrogen and oxygen atoms in total. The SMILES string of the molecule is CNc1nnc(SCC(=O)c2ccccc2Cl)s1. The van der Waals surface area contributed by atoms with Gasteiger partial charge in [0.2, 0.25) is 5.13 Å². The highest BCUT2D eigenvalue weighted by atomic mass is 35.5. The molecule has 0 amide bonds. The first-order valence-corrected chi connectivity index (χ1v) is 7.30. The molecule has 0 radical (unpaired) electrons. The van der Waals surface area contributed by atoms with Gasteiger partial charge in [-0.3, -0.25) is 4.79 Å². The van der Waals surface area contributed by atoms with Gasteiger partial charge in [-0.2, -0.15) is 0 Å². The number of benzene rings is 1. The second-order valence-electron chi connectivity index (χ2n) is 3.31. The van der Waals surface area contributed by atoms with Crippen LogP contribution in [0.1, 0.15) is 10.4 Å². The van der Waals surface area contributed by atoms with E-state index in [0.717, 1.165) is 9.47 Å². The molecule has 0 fully saturated rings. The number of nitrogens with zero attached hydrogens (tertiary/aromatic N) is 2. The maximum atomic E-state index is 12.0. The number of nitrogens with one attached hydrogen (secondary N) is 1. The molecule has 2 aromatic rings. The lowest BCUT2D eigenvalue weighted by Crippen LogP contribution is -2.02. The normalized spacial score (nSPS) is 10.3. The van der Waals surface area contributed by atoms with E-state index in [1.165, 1.54) is 23.1 Å². The van der Waals surface area contributed by atoms with Gasteiger partial charge >= 0.3 is 0 Å². The average molecular weight is 300 g/mol. The molecule has 1 aromatic carbocycles. The molecule has 0 saturated heterocycles. The van der Waals surface area contributed by atoms with E-state index < -0.39 is 0 Å². The van der Waals surface area contributed by atoms with E-state index in [0.29, 0.717) is 16.3 Å². The van der Waals surface area contributed by atoms with Crippen LogP contribution in [-0.2, 0) is 0 Å². The molecule has 0 aliphatic heterocycles. The maximum absolute atomic E-state index is 12.0. The predicted molar refractivity (Wildman–Crippen MR) is 76.0 cm³/mol. The fourth-order valence-corrected chi connectivity index (χ4v) is 3.09. The Morgan fingerprint density at radius 1 is 1.44 bits per heavy atom. The number of halogens is 1. The first-order chi connectivity index (χ1) is 8.70. The fraction of sp³-hybridized carbons (Fsp3) is 0.182. The third-order valence-electron chi connectivity index (χ3n) is 2.12. The highest BCUT2D eigenvalue weighted by Gasteiger charge is 2.12. The number of ketones is 1. The number of carbonyl (C=O) groups is 1. The van der Waals surface area contributed by atoms with Gasteiger partial charge in [0.05, 0.1) is 10.8 Å². The largest absolute Gasteiger partial charge is 0.363 e. The van der Waals surface area contributed by atoms with Crippen molar-refractivity contribution in [2.45, 2.75) is 4.34 Å². The molecule has 0 aliphatic carbocycles. The van der Waals surface area contributed by atoms with Crippen molar-refractivity contribution in [2.24, 2.45) is 0 Å². The molecular formula is C11H10ClN3OS2. The Labute approximate surface area is 118 Å². The number of aromatic nitrogens is 2. The summed E-state index contributed by atoms with van der Waals surface area (Å²) < 4.78 is 0.764. The molecule has 0 saturated carbocycles. The molecule has 0 unspecified atom stereocenters. The highest BCUT2D eigenvalue weighted by Crippen LogP contribution is 2.26. The van der Waals surface area contributed by atoms with E-state index in [9.17, 15) is 4.79 Å². The zero-order valence-corrected chi connectivity index (χ0v) is 11.9. The first kappa shape index (κ1) is 13.3. The zero-order chi connectivity index (χ0) is 13.0. The summed E-state index contributed by atoms with van der Waals surface area (Å²) in [5.41, 5.74) is 0.546. The topological polar surface area (TPSA) is 54.9 Å². The Morgan fingerprint density at radius 3 is 2.89 bits per heavy atom. The number of rotatable bonds is 5. The van der Waals surface area contributed by atoms with E-state index in [1.807, 2.05) is 0 Å². The minimum atomic E-state index is -0.00759. The van der Waals surface area contributed by atoms with Crippen molar-refractivity contribution in [2.75, 3.05) is 18.1 Å². The molecule has 1 aromatic heterocycles. The van der Waals surface area contributed by atoms with Crippen LogP contribution in [0.5, 0.6) is 0 Å². The van der Waals surface area contributed by atoms with Gasteiger partial charge in [0.1, 0.15) is 0 Å². The summed E-state index contributed by atoms with van der Waals surface area (Å²) in [4.78, 5) is 12.0. The molecule has 7 heteroatoms. The smallest absolute Gasteiger partial charge is 0.206 e. The van der Waals surface area contributed by atoms with Crippen molar-refractivity contribution in [3.63, 3.8) is 0 Å². The van der Waals surface area contributed by atoms with E-state index >= 15 is 0 Å². The van der Waals surface area contributed by atoms with Gasteiger partial charge < -0.3 is 5.32 Å². The van der Waals surface area contributed by atoms with Crippen LogP contribution in [0.15, 0.2) is 28.6 Å². The molecule has 0 aliphatic rings. The van der Waals surface area contributed by atoms with Crippen molar-refractivity contribution >= 4 is 45.6 Å². The Kier molecular flexibility index (Phi) is 4.57. The van der Waals surface area contributed by atoms with E-state index in [-0.39, 0.29) is 5.78 Å². The third kappa shape index (κ3) is 3.22. The van der Waals surface area contributed by atoms with Gasteiger partial charge in [0.25, 0.3) is 0 Å². The number of anilines is 1. The van der Waals surface area contributed by atoms with Crippen LogP contribution >= 0.6 is 34.7 Å². The van der Waals surface area contributed by atoms with Crippen molar-refractivity contribution < 1.29 is 4.79 Å². The molecule has 1 heterocycles. The van der Waals surface area contributed by atoms with Crippen molar-refractivity contribution in [1.29, 1.82) is 0 Å². The standard InChI is InChI=1S/C11H10ClN3OS2/c1-13-10-14-15-11(18-10)17-6-9(16)7-4-2-3-5-8(7)12/h2-5H,6H2,1H3,(H,13,14). The van der Waals surface area contributed by atoms with Gasteiger partial charge in [-0.15, -0.1) is 10.2 Å². The van der Waals surface area contributed by atoms with Gasteiger partial charge in [-0.1, -0.05) is 46.8 Å². The van der Waals surface area contributed by atoms with E-state index in [2.05, 4.69) is 15.5 Å². The summed E-state index contributed by atoms with van der Waals surface area (Å²) in [7, 11) is 1.78. The third-order valence-corrected chi connectivity index (χ3v) is 4.52. The summed E-state index contributed by atoms with van der Waals surface area (Å²) in [6, 6.07) is 7.04. The molecule has 0 spiro atoms. The molecule has 18 heavy (non-hydrogen) atoms. The van der Waals surface area contributed by atoms with Crippen LogP contribution in [0, 0.1) is 0 Å². The van der Waals surface area contributed by atoms with Gasteiger partial charge in [-0.25, -0.2) is 0 Å². The predicted octanol–water partition coefficient (Wildman–Crippen LogP) is 3.21. The lowest BCUT2D eigenvalue weighted by molar-refractivity contribution is 0.102. The van der Waals surface area contributed by atoms with Crippen molar-refractivity contribution in [3.05, 3.63) is 34.9 Å². The minimum Gasteiger partial charge on any atom is -0.363 e. The minimum absolute atomic E-state index is 0.00759. The quantitative estimate of drug-likeness (QED) is 0.678. The van der Waals surface area contributed by atoms with Gasteiger partial charge in [-0.05, 0) is 12.1 Å². The molecule has 0 bridgehead atoms. The number of carbonyl (C=O) groups excluding carboxylic acids is 1. The summed E-state index contributed by atoms with van der Waals surface area (Å²) in [6.45, 7) is 0. The number of hydrogen-bond donors (Lipinski definition) is 1. The van der Waals surface area contributed by atoms with Crippen LogP contribution in [0.4, 0.5) is 5.13 Å². The molecular weight excluding hydrogens is 290 g/mol. The second-order valence-corrected chi connectivity index (χ2v) is 5.92. The molecule has 0 atom stereocenters. The fourth-order valence-electron chi connectivity index (χ4n) is 1.26. The molecule has 2 rings (SSSR count). The monoisotopic (exact) mass is 299 g/mol. The van der Waals surface area contributed by atoms with E-state index in [1.54, 1.807) is 31.3 Å². The summed E-state index contributed by atoms with van der Waals surface area (Å²) in [5, 5.41) is 12.0. The Bertz CT molecular complexity index is 559. The van der Waals surface area contributed by atoms with E-state index in [4.69, 9.17) is 11.6 Å². The average Bonchev–Trinajstić information content (AvgIpc) is 2.84. The van der Waals surface area contributed by atoms with Gasteiger partial charge in [0.15, 0.2) is 10.1 Å². The Balaban J connectivity index is 1.98. The van der Waals surface area contributed by atoms with Crippen LogP contribution in [0.25, 0.3) is 0 Å². The lowest BCUT2D eigenvalue weighted by Gasteiger charge is -2.01. The Hall–Kier alpha value is -1.11. The summed E-state index contributed by atoms with van der Waals surface area (Å²) in [5.74, 6) is 0.300. The second kappa shape index (κ2) is 6.17. The molecule has 94 valence electrons. The maximum Gasteiger partial charge on any atom is 0.206 e. The summed E-state index contributed by atoms with van der Waals surface area (Å²) >= 11 is 8.75. The van der Waals surface area contributed by atoms with Crippen LogP contribution < -0.4 is 5.32 Å². The number of thioether (sulfide) groups is 1. The first-order valence-electron chi connectivity index (χ1n) is 5.12. The highest BCUT2D eigenvalue weighted by molar-refractivity contribution is 8.01. The number of hydrogen-bond acceptors (Lipinski definition) is 6. The molecule has 1 N–H and O–H groups in total. The Morgan fingerprint density at radius 2 is 2.22 bits per heavy atom. The van der Waals surface area contributed by atoms with Crippen LogP contribution in [0.3, 0.4) is 0 Å².